The summed E-state index contributed by atoms with van der Waals surface area (Å²) < 4.78 is 10.5. The van der Waals surface area contributed by atoms with Crippen LogP contribution in [0.4, 0.5) is 0 Å². The molecule has 0 atom stereocenters. The van der Waals surface area contributed by atoms with Crippen LogP contribution < -0.4 is 4.74 Å². The molecule has 0 aliphatic heterocycles. The Bertz CT molecular complexity index is 510. The maximum absolute atomic E-state index is 9.20. The molecule has 5 heteroatoms. The van der Waals surface area contributed by atoms with Crippen LogP contribution in [0.2, 0.25) is 5.02 Å². The zero-order valence-electron chi connectivity index (χ0n) is 9.31. The minimum Gasteiger partial charge on any atom is -0.485 e. The highest BCUT2D eigenvalue weighted by molar-refractivity contribution is 6.31. The van der Waals surface area contributed by atoms with E-state index >= 15 is 0 Å². The fraction of sp³-hybridized carbons (Fsp3) is 0.250. The van der Waals surface area contributed by atoms with Crippen LogP contribution >= 0.6 is 11.6 Å². The van der Waals surface area contributed by atoms with Gasteiger partial charge in [0.2, 0.25) is 0 Å². The predicted molar refractivity (Wildman–Crippen MR) is 62.9 cm³/mol. The quantitative estimate of drug-likeness (QED) is 0.910. The third-order valence-electron chi connectivity index (χ3n) is 2.28. The fourth-order valence-corrected chi connectivity index (χ4v) is 1.69. The number of aryl methyl sites for hydroxylation is 1. The Hall–Kier alpha value is -1.52. The van der Waals surface area contributed by atoms with Gasteiger partial charge in [-0.1, -0.05) is 22.8 Å². The Balaban J connectivity index is 2.11. The molecular weight excluding hydrogens is 242 g/mol. The second-order valence-corrected chi connectivity index (χ2v) is 4.01. The Morgan fingerprint density at radius 3 is 2.94 bits per heavy atom. The lowest BCUT2D eigenvalue weighted by Gasteiger charge is -2.09. The van der Waals surface area contributed by atoms with Crippen molar-refractivity contribution < 1.29 is 14.4 Å². The first-order valence-electron chi connectivity index (χ1n) is 5.14. The van der Waals surface area contributed by atoms with Gasteiger partial charge >= 0.3 is 0 Å². The number of aliphatic hydroxyl groups is 1. The summed E-state index contributed by atoms with van der Waals surface area (Å²) in [6, 6.07) is 7.02. The van der Waals surface area contributed by atoms with E-state index in [4.69, 9.17) is 20.9 Å². The molecule has 0 aliphatic rings. The molecule has 2 rings (SSSR count). The van der Waals surface area contributed by atoms with Crippen LogP contribution in [0.25, 0.3) is 0 Å². The third kappa shape index (κ3) is 2.78. The maximum atomic E-state index is 9.20. The van der Waals surface area contributed by atoms with Gasteiger partial charge in [0.1, 0.15) is 12.4 Å². The number of hydrogen-bond donors (Lipinski definition) is 1. The molecule has 0 unspecified atom stereocenters. The summed E-state index contributed by atoms with van der Waals surface area (Å²) in [6.07, 6.45) is 0. The van der Waals surface area contributed by atoms with Crippen LogP contribution in [0.15, 0.2) is 28.8 Å². The van der Waals surface area contributed by atoms with E-state index in [-0.39, 0.29) is 13.2 Å². The lowest BCUT2D eigenvalue weighted by Crippen LogP contribution is -1.98. The van der Waals surface area contributed by atoms with E-state index in [2.05, 4.69) is 5.16 Å². The third-order valence-corrected chi connectivity index (χ3v) is 2.63. The molecule has 1 N–H and O–H groups in total. The smallest absolute Gasteiger partial charge is 0.174 e. The van der Waals surface area contributed by atoms with Crippen molar-refractivity contribution >= 4 is 11.6 Å². The van der Waals surface area contributed by atoms with Gasteiger partial charge in [-0.3, -0.25) is 0 Å². The Labute approximate surface area is 104 Å². The molecule has 0 fully saturated rings. The molecule has 0 saturated heterocycles. The van der Waals surface area contributed by atoms with Crippen molar-refractivity contribution in [2.24, 2.45) is 0 Å². The normalized spacial score (nSPS) is 10.5. The lowest BCUT2D eigenvalue weighted by atomic mass is 10.2. The summed E-state index contributed by atoms with van der Waals surface area (Å²) in [5, 5.41) is 13.4. The number of halogens is 1. The Kier molecular flexibility index (Phi) is 3.66. The van der Waals surface area contributed by atoms with E-state index in [1.165, 1.54) is 0 Å². The first-order chi connectivity index (χ1) is 8.20. The largest absolute Gasteiger partial charge is 0.485 e. The van der Waals surface area contributed by atoms with Gasteiger partial charge in [0.05, 0.1) is 12.3 Å². The highest BCUT2D eigenvalue weighted by Crippen LogP contribution is 2.27. The average Bonchev–Trinajstić information content (AvgIpc) is 2.72. The molecule has 1 aromatic carbocycles. The van der Waals surface area contributed by atoms with E-state index in [0.29, 0.717) is 22.1 Å². The van der Waals surface area contributed by atoms with E-state index < -0.39 is 0 Å². The second-order valence-electron chi connectivity index (χ2n) is 3.60. The van der Waals surface area contributed by atoms with Gasteiger partial charge in [0, 0.05) is 16.7 Å². The second kappa shape index (κ2) is 5.21. The van der Waals surface area contributed by atoms with E-state index in [1.54, 1.807) is 24.3 Å². The highest BCUT2D eigenvalue weighted by Gasteiger charge is 2.08. The van der Waals surface area contributed by atoms with Crippen LogP contribution in [0.1, 0.15) is 17.0 Å². The zero-order chi connectivity index (χ0) is 12.3. The molecule has 90 valence electrons. The number of rotatable bonds is 4. The van der Waals surface area contributed by atoms with Crippen LogP contribution in [-0.4, -0.2) is 10.3 Å². The van der Waals surface area contributed by atoms with Crippen molar-refractivity contribution in [3.63, 3.8) is 0 Å². The molecular formula is C12H12ClNO3. The standard InChI is InChI=1S/C12H12ClNO3/c1-8-5-9(17-14-8)7-16-12-4-2-3-11(13)10(12)6-15/h2-5,15H,6-7H2,1H3. The molecule has 1 aromatic heterocycles. The van der Waals surface area contributed by atoms with Crippen LogP contribution in [-0.2, 0) is 13.2 Å². The summed E-state index contributed by atoms with van der Waals surface area (Å²) in [4.78, 5) is 0. The van der Waals surface area contributed by atoms with Crippen LogP contribution in [0.5, 0.6) is 5.75 Å². The van der Waals surface area contributed by atoms with Gasteiger partial charge in [-0.2, -0.15) is 0 Å². The van der Waals surface area contributed by atoms with Crippen molar-refractivity contribution in [3.05, 3.63) is 46.3 Å². The van der Waals surface area contributed by atoms with Gasteiger partial charge in [-0.25, -0.2) is 0 Å². The zero-order valence-corrected chi connectivity index (χ0v) is 10.1. The van der Waals surface area contributed by atoms with Crippen molar-refractivity contribution in [2.45, 2.75) is 20.1 Å². The molecule has 4 nitrogen and oxygen atoms in total. The molecule has 0 amide bonds. The molecule has 0 spiro atoms. The van der Waals surface area contributed by atoms with Gasteiger partial charge in [0.15, 0.2) is 5.76 Å². The summed E-state index contributed by atoms with van der Waals surface area (Å²) in [5.74, 6) is 1.18. The molecule has 0 aliphatic carbocycles. The number of aromatic nitrogens is 1. The summed E-state index contributed by atoms with van der Waals surface area (Å²) in [5.41, 5.74) is 1.38. The van der Waals surface area contributed by atoms with Crippen LogP contribution in [0, 0.1) is 6.92 Å². The predicted octanol–water partition coefficient (Wildman–Crippen LogP) is 2.71. The first kappa shape index (κ1) is 12.0. The number of benzene rings is 1. The Morgan fingerprint density at radius 1 is 1.47 bits per heavy atom. The van der Waals surface area contributed by atoms with Gasteiger partial charge < -0.3 is 14.4 Å². The first-order valence-corrected chi connectivity index (χ1v) is 5.51. The van der Waals surface area contributed by atoms with E-state index in [0.717, 1.165) is 5.69 Å². The number of nitrogens with zero attached hydrogens (tertiary/aromatic N) is 1. The summed E-state index contributed by atoms with van der Waals surface area (Å²) in [6.45, 7) is 1.93. The topological polar surface area (TPSA) is 55.5 Å². The van der Waals surface area contributed by atoms with Gasteiger partial charge in [-0.05, 0) is 19.1 Å². The van der Waals surface area contributed by atoms with E-state index in [1.807, 2.05) is 6.92 Å². The molecule has 0 saturated carbocycles. The summed E-state index contributed by atoms with van der Waals surface area (Å²) in [7, 11) is 0. The number of hydrogen-bond acceptors (Lipinski definition) is 4. The molecule has 0 bridgehead atoms. The average molecular weight is 254 g/mol. The Morgan fingerprint density at radius 2 is 2.29 bits per heavy atom. The molecule has 2 aromatic rings. The minimum absolute atomic E-state index is 0.162. The summed E-state index contributed by atoms with van der Waals surface area (Å²) >= 11 is 5.94. The van der Waals surface area contributed by atoms with Crippen molar-refractivity contribution in [2.75, 3.05) is 0 Å². The monoisotopic (exact) mass is 253 g/mol. The fourth-order valence-electron chi connectivity index (χ4n) is 1.46. The van der Waals surface area contributed by atoms with E-state index in [9.17, 15) is 5.11 Å². The number of ether oxygens (including phenoxy) is 1. The van der Waals surface area contributed by atoms with Crippen molar-refractivity contribution in [1.29, 1.82) is 0 Å². The van der Waals surface area contributed by atoms with Gasteiger partial charge in [0.25, 0.3) is 0 Å². The highest BCUT2D eigenvalue weighted by atomic mass is 35.5. The number of aliphatic hydroxyl groups excluding tert-OH is 1. The van der Waals surface area contributed by atoms with Crippen LogP contribution in [0.3, 0.4) is 0 Å². The molecule has 17 heavy (non-hydrogen) atoms. The lowest BCUT2D eigenvalue weighted by molar-refractivity contribution is 0.233. The van der Waals surface area contributed by atoms with Gasteiger partial charge in [-0.15, -0.1) is 0 Å². The molecule has 0 radical (unpaired) electrons. The minimum atomic E-state index is -0.162. The molecule has 1 heterocycles. The maximum Gasteiger partial charge on any atom is 0.174 e. The SMILES string of the molecule is Cc1cc(COc2cccc(Cl)c2CO)on1. The van der Waals surface area contributed by atoms with Crippen molar-refractivity contribution in [1.82, 2.24) is 5.16 Å². The van der Waals surface area contributed by atoms with Crippen molar-refractivity contribution in [3.8, 4) is 5.75 Å².